The highest BCUT2D eigenvalue weighted by Crippen LogP contribution is 2.14. The van der Waals surface area contributed by atoms with E-state index in [9.17, 15) is 18.0 Å². The summed E-state index contributed by atoms with van der Waals surface area (Å²) in [5.41, 5.74) is 0. The van der Waals surface area contributed by atoms with E-state index in [1.807, 2.05) is 0 Å². The zero-order valence-electron chi connectivity index (χ0n) is 28.7. The van der Waals surface area contributed by atoms with Gasteiger partial charge in [-0.3, -0.25) is 9.35 Å². The number of ether oxygens (including phenoxy) is 2. The van der Waals surface area contributed by atoms with Crippen molar-refractivity contribution in [2.24, 2.45) is 0 Å². The molecular weight excluding hydrogens is 592 g/mol. The van der Waals surface area contributed by atoms with Crippen LogP contribution in [0.25, 0.3) is 0 Å². The second-order valence-electron chi connectivity index (χ2n) is 12.2. The van der Waals surface area contributed by atoms with E-state index in [0.29, 0.717) is 6.42 Å². The summed E-state index contributed by atoms with van der Waals surface area (Å²) >= 11 is 0. The zero-order valence-corrected chi connectivity index (χ0v) is 29.5. The first-order valence-electron chi connectivity index (χ1n) is 18.2. The van der Waals surface area contributed by atoms with Gasteiger partial charge in [-0.2, -0.15) is 8.42 Å². The fourth-order valence-electron chi connectivity index (χ4n) is 5.16. The highest BCUT2D eigenvalue weighted by atomic mass is 32.3. The van der Waals surface area contributed by atoms with Crippen molar-refractivity contribution >= 4 is 22.3 Å². The van der Waals surface area contributed by atoms with Crippen molar-refractivity contribution in [3.05, 3.63) is 24.7 Å². The Labute approximate surface area is 276 Å². The fourth-order valence-corrected chi connectivity index (χ4v) is 5.60. The zero-order chi connectivity index (χ0) is 33.3. The van der Waals surface area contributed by atoms with Crippen LogP contribution < -0.4 is 0 Å². The maximum Gasteiger partial charge on any atom is 0.398 e. The second kappa shape index (κ2) is 32.2. The molecule has 0 saturated carbocycles. The van der Waals surface area contributed by atoms with Crippen molar-refractivity contribution in [1.82, 2.24) is 0 Å². The number of hydrogen-bond donors (Lipinski definition) is 1. The Hall–Kier alpha value is -1.71. The maximum absolute atomic E-state index is 12.3. The lowest BCUT2D eigenvalue weighted by Gasteiger charge is -2.11. The number of hydrogen-bond acceptors (Lipinski definition) is 7. The summed E-state index contributed by atoms with van der Waals surface area (Å²) < 4.78 is 45.7. The van der Waals surface area contributed by atoms with Gasteiger partial charge in [0.25, 0.3) is 0 Å². The van der Waals surface area contributed by atoms with E-state index < -0.39 is 34.9 Å². The number of esters is 2. The number of allylic oxidation sites excluding steroid dienone is 2. The second-order valence-corrected chi connectivity index (χ2v) is 13.3. The van der Waals surface area contributed by atoms with E-state index in [1.165, 1.54) is 141 Å². The third-order valence-electron chi connectivity index (χ3n) is 7.88. The SMILES string of the molecule is CCCCCCCCCCCCCCC=COC(=O)CC(OS(=O)(=O)O)C(=O)OC=CCCCCCCCCCCCCCC. The molecule has 0 aliphatic heterocycles. The summed E-state index contributed by atoms with van der Waals surface area (Å²) in [4.78, 5) is 24.4. The predicted octanol–water partition coefficient (Wildman–Crippen LogP) is 10.9. The first-order valence-corrected chi connectivity index (χ1v) is 19.5. The maximum atomic E-state index is 12.3. The number of carbonyl (C=O) groups excluding carboxylic acids is 2. The van der Waals surface area contributed by atoms with Crippen LogP contribution >= 0.6 is 0 Å². The van der Waals surface area contributed by atoms with E-state index in [-0.39, 0.29) is 0 Å². The van der Waals surface area contributed by atoms with Crippen LogP contribution in [-0.4, -0.2) is 31.0 Å². The molecule has 1 N–H and O–H groups in total. The molecule has 9 heteroatoms. The number of unbranched alkanes of at least 4 members (excludes halogenated alkanes) is 24. The van der Waals surface area contributed by atoms with E-state index in [2.05, 4.69) is 18.0 Å². The molecule has 0 heterocycles. The molecule has 0 aromatic heterocycles. The van der Waals surface area contributed by atoms with Crippen LogP contribution in [0.15, 0.2) is 24.7 Å². The lowest BCUT2D eigenvalue weighted by Crippen LogP contribution is -2.30. The average molecular weight is 659 g/mol. The van der Waals surface area contributed by atoms with Crippen molar-refractivity contribution in [1.29, 1.82) is 0 Å². The Bertz CT molecular complexity index is 853. The molecule has 0 aliphatic carbocycles. The molecule has 0 saturated heterocycles. The molecule has 0 aromatic carbocycles. The van der Waals surface area contributed by atoms with Gasteiger partial charge in [0.1, 0.15) is 0 Å². The van der Waals surface area contributed by atoms with Gasteiger partial charge in [-0.15, -0.1) is 0 Å². The van der Waals surface area contributed by atoms with Gasteiger partial charge in [0.2, 0.25) is 0 Å². The van der Waals surface area contributed by atoms with Gasteiger partial charge in [0.05, 0.1) is 18.9 Å². The van der Waals surface area contributed by atoms with Gasteiger partial charge < -0.3 is 9.47 Å². The minimum absolute atomic E-state index is 0.709. The van der Waals surface area contributed by atoms with Crippen LogP contribution in [0.4, 0.5) is 0 Å². The summed E-state index contributed by atoms with van der Waals surface area (Å²) in [6.07, 6.45) is 34.9. The Morgan fingerprint density at radius 3 is 1.24 bits per heavy atom. The molecule has 264 valence electrons. The Morgan fingerprint density at radius 1 is 0.556 bits per heavy atom. The number of rotatable bonds is 33. The normalized spacial score (nSPS) is 12.7. The molecule has 0 rings (SSSR count). The van der Waals surface area contributed by atoms with Crippen molar-refractivity contribution in [2.45, 2.75) is 193 Å². The molecule has 0 aliphatic rings. The van der Waals surface area contributed by atoms with Crippen molar-refractivity contribution in [2.75, 3.05) is 0 Å². The van der Waals surface area contributed by atoms with Gasteiger partial charge in [-0.05, 0) is 37.8 Å². The summed E-state index contributed by atoms with van der Waals surface area (Å²) in [6, 6.07) is 0. The van der Waals surface area contributed by atoms with Gasteiger partial charge >= 0.3 is 22.3 Å². The smallest absolute Gasteiger partial charge is 0.398 e. The van der Waals surface area contributed by atoms with Crippen LogP contribution in [-0.2, 0) is 33.6 Å². The third kappa shape index (κ3) is 33.5. The lowest BCUT2D eigenvalue weighted by molar-refractivity contribution is -0.152. The Morgan fingerprint density at radius 2 is 0.889 bits per heavy atom. The van der Waals surface area contributed by atoms with Gasteiger partial charge in [-0.25, -0.2) is 8.98 Å². The molecule has 0 radical (unpaired) electrons. The fraction of sp³-hybridized carbons (Fsp3) is 0.833. The molecule has 45 heavy (non-hydrogen) atoms. The lowest BCUT2D eigenvalue weighted by atomic mass is 10.0. The average Bonchev–Trinajstić information content (AvgIpc) is 3.00. The molecule has 0 bridgehead atoms. The van der Waals surface area contributed by atoms with E-state index in [0.717, 1.165) is 32.1 Å². The van der Waals surface area contributed by atoms with Crippen molar-refractivity contribution in [3.8, 4) is 0 Å². The molecular formula is C36H66O8S. The highest BCUT2D eigenvalue weighted by Gasteiger charge is 2.29. The predicted molar refractivity (Wildman–Crippen MR) is 183 cm³/mol. The molecule has 8 nitrogen and oxygen atoms in total. The molecule has 0 spiro atoms. The largest absolute Gasteiger partial charge is 0.435 e. The first-order chi connectivity index (χ1) is 21.8. The van der Waals surface area contributed by atoms with Crippen LogP contribution in [0.5, 0.6) is 0 Å². The van der Waals surface area contributed by atoms with Crippen LogP contribution in [0.1, 0.15) is 187 Å². The van der Waals surface area contributed by atoms with Crippen LogP contribution in [0.3, 0.4) is 0 Å². The molecule has 1 unspecified atom stereocenters. The van der Waals surface area contributed by atoms with Gasteiger partial charge in [0, 0.05) is 0 Å². The standard InChI is InChI=1S/C36H66O8S/c1-3-5-7-9-11-13-15-17-19-21-23-25-27-29-31-42-35(37)33-34(44-45(39,40)41)36(38)43-32-30-28-26-24-22-20-18-16-14-12-10-8-6-4-2/h29-32,34H,3-28,33H2,1-2H3,(H,39,40,41). The molecule has 0 amide bonds. The minimum atomic E-state index is -4.98. The highest BCUT2D eigenvalue weighted by molar-refractivity contribution is 7.80. The summed E-state index contributed by atoms with van der Waals surface area (Å²) in [6.45, 7) is 4.48. The minimum Gasteiger partial charge on any atom is -0.435 e. The van der Waals surface area contributed by atoms with E-state index in [1.54, 1.807) is 12.2 Å². The topological polar surface area (TPSA) is 116 Å². The Balaban J connectivity index is 4.01. The number of carbonyl (C=O) groups is 2. The van der Waals surface area contributed by atoms with Crippen molar-refractivity contribution < 1.29 is 36.2 Å². The van der Waals surface area contributed by atoms with E-state index >= 15 is 0 Å². The summed E-state index contributed by atoms with van der Waals surface area (Å²) in [5, 5.41) is 0. The monoisotopic (exact) mass is 658 g/mol. The molecule has 1 atom stereocenters. The molecule has 0 aromatic rings. The van der Waals surface area contributed by atoms with Gasteiger partial charge in [0.15, 0.2) is 6.10 Å². The summed E-state index contributed by atoms with van der Waals surface area (Å²) in [7, 11) is -4.98. The quantitative estimate of drug-likeness (QED) is 0.0320. The van der Waals surface area contributed by atoms with Crippen LogP contribution in [0, 0.1) is 0 Å². The Kier molecular flexibility index (Phi) is 31.0. The first kappa shape index (κ1) is 43.3. The van der Waals surface area contributed by atoms with Gasteiger partial charge in [-0.1, -0.05) is 155 Å². The molecule has 0 fully saturated rings. The van der Waals surface area contributed by atoms with E-state index in [4.69, 9.17) is 14.0 Å². The third-order valence-corrected chi connectivity index (χ3v) is 8.35. The van der Waals surface area contributed by atoms with Crippen LogP contribution in [0.2, 0.25) is 0 Å². The van der Waals surface area contributed by atoms with Crippen molar-refractivity contribution in [3.63, 3.8) is 0 Å². The summed E-state index contributed by atoms with van der Waals surface area (Å²) in [5.74, 6) is -1.97.